The molecule has 4 nitrogen and oxygen atoms in total. The minimum absolute atomic E-state index is 0.385. The molecule has 0 atom stereocenters. The van der Waals surface area contributed by atoms with E-state index in [2.05, 4.69) is 17.1 Å². The Morgan fingerprint density at radius 1 is 1.37 bits per heavy atom. The second-order valence-electron chi connectivity index (χ2n) is 4.56. The van der Waals surface area contributed by atoms with Crippen molar-refractivity contribution < 1.29 is 9.53 Å². The number of thiazole rings is 1. The van der Waals surface area contributed by atoms with Crippen molar-refractivity contribution in [1.82, 2.24) is 4.98 Å². The summed E-state index contributed by atoms with van der Waals surface area (Å²) in [6, 6.07) is 6.24. The Balaban J connectivity index is 2.09. The maximum atomic E-state index is 11.7. The first-order chi connectivity index (χ1) is 9.19. The van der Waals surface area contributed by atoms with Gasteiger partial charge in [-0.15, -0.1) is 0 Å². The van der Waals surface area contributed by atoms with Crippen LogP contribution in [-0.2, 0) is 17.6 Å². The van der Waals surface area contributed by atoms with Gasteiger partial charge in [0.2, 0.25) is 0 Å². The summed E-state index contributed by atoms with van der Waals surface area (Å²) < 4.78 is 4.78. The van der Waals surface area contributed by atoms with Gasteiger partial charge >= 0.3 is 5.97 Å². The Labute approximate surface area is 115 Å². The normalized spacial score (nSPS) is 13.3. The molecule has 1 aromatic heterocycles. The number of fused-ring (bicyclic) bond motifs is 1. The number of aryl methyl sites for hydroxylation is 2. The number of ether oxygens (including phenoxy) is 1. The number of nitrogens with two attached hydrogens (primary N) is 1. The van der Waals surface area contributed by atoms with Crippen molar-refractivity contribution in [2.75, 3.05) is 12.8 Å². The number of aromatic nitrogens is 1. The summed E-state index contributed by atoms with van der Waals surface area (Å²) in [6.45, 7) is 0. The van der Waals surface area contributed by atoms with E-state index in [-0.39, 0.29) is 5.97 Å². The van der Waals surface area contributed by atoms with Crippen molar-refractivity contribution in [3.8, 4) is 11.3 Å². The highest BCUT2D eigenvalue weighted by Gasteiger charge is 2.20. The standard InChI is InChI=1S/C14H14N2O2S/c1-18-13(17)12-11(16-14(15)19-12)10-6-5-8-3-2-4-9(8)7-10/h5-7H,2-4H2,1H3,(H2,15,16). The quantitative estimate of drug-likeness (QED) is 0.855. The molecule has 0 saturated heterocycles. The van der Waals surface area contributed by atoms with Gasteiger partial charge in [-0.1, -0.05) is 23.5 Å². The molecule has 3 rings (SSSR count). The van der Waals surface area contributed by atoms with Crippen molar-refractivity contribution in [3.63, 3.8) is 0 Å². The summed E-state index contributed by atoms with van der Waals surface area (Å²) in [5, 5.41) is 0.385. The number of esters is 1. The summed E-state index contributed by atoms with van der Waals surface area (Å²) in [7, 11) is 1.37. The van der Waals surface area contributed by atoms with Crippen LogP contribution in [0.15, 0.2) is 18.2 Å². The van der Waals surface area contributed by atoms with E-state index in [1.165, 1.54) is 36.0 Å². The number of benzene rings is 1. The SMILES string of the molecule is COC(=O)c1sc(N)nc1-c1ccc2c(c1)CCC2. The molecule has 0 amide bonds. The summed E-state index contributed by atoms with van der Waals surface area (Å²) in [5.74, 6) is -0.385. The van der Waals surface area contributed by atoms with E-state index >= 15 is 0 Å². The zero-order chi connectivity index (χ0) is 13.4. The predicted octanol–water partition coefficient (Wildman–Crippen LogP) is 2.67. The van der Waals surface area contributed by atoms with Gasteiger partial charge in [0.15, 0.2) is 5.13 Å². The Morgan fingerprint density at radius 3 is 2.95 bits per heavy atom. The molecule has 1 aliphatic carbocycles. The Morgan fingerprint density at radius 2 is 2.16 bits per heavy atom. The number of carbonyl (C=O) groups excluding carboxylic acids is 1. The number of hydrogen-bond acceptors (Lipinski definition) is 5. The van der Waals surface area contributed by atoms with Crippen LogP contribution in [0, 0.1) is 0 Å². The van der Waals surface area contributed by atoms with Crippen molar-refractivity contribution in [2.24, 2.45) is 0 Å². The van der Waals surface area contributed by atoms with Gasteiger partial charge in [-0.05, 0) is 36.5 Å². The van der Waals surface area contributed by atoms with Gasteiger partial charge < -0.3 is 10.5 Å². The molecule has 0 radical (unpaired) electrons. The molecule has 98 valence electrons. The highest BCUT2D eigenvalue weighted by molar-refractivity contribution is 7.17. The molecule has 0 bridgehead atoms. The van der Waals surface area contributed by atoms with Crippen LogP contribution in [0.25, 0.3) is 11.3 Å². The smallest absolute Gasteiger partial charge is 0.350 e. The van der Waals surface area contributed by atoms with Crippen LogP contribution in [0.3, 0.4) is 0 Å². The van der Waals surface area contributed by atoms with Crippen molar-refractivity contribution in [1.29, 1.82) is 0 Å². The zero-order valence-electron chi connectivity index (χ0n) is 10.6. The number of methoxy groups -OCH3 is 1. The fraction of sp³-hybridized carbons (Fsp3) is 0.286. The molecule has 0 saturated carbocycles. The first-order valence-electron chi connectivity index (χ1n) is 6.16. The highest BCUT2D eigenvalue weighted by atomic mass is 32.1. The van der Waals surface area contributed by atoms with Crippen LogP contribution in [0.5, 0.6) is 0 Å². The monoisotopic (exact) mass is 274 g/mol. The topological polar surface area (TPSA) is 65.2 Å². The molecule has 2 N–H and O–H groups in total. The first kappa shape index (κ1) is 12.2. The fourth-order valence-corrected chi connectivity index (χ4v) is 3.26. The predicted molar refractivity (Wildman–Crippen MR) is 75.3 cm³/mol. The second-order valence-corrected chi connectivity index (χ2v) is 5.59. The van der Waals surface area contributed by atoms with Crippen molar-refractivity contribution in [3.05, 3.63) is 34.2 Å². The third kappa shape index (κ3) is 2.10. The van der Waals surface area contributed by atoms with Gasteiger partial charge in [0.1, 0.15) is 4.88 Å². The second kappa shape index (κ2) is 4.66. The third-order valence-electron chi connectivity index (χ3n) is 3.39. The van der Waals surface area contributed by atoms with Crippen LogP contribution in [0.1, 0.15) is 27.2 Å². The molecule has 0 fully saturated rings. The number of hydrogen-bond donors (Lipinski definition) is 1. The van der Waals surface area contributed by atoms with Gasteiger partial charge in [0.25, 0.3) is 0 Å². The molecule has 5 heteroatoms. The zero-order valence-corrected chi connectivity index (χ0v) is 11.4. The third-order valence-corrected chi connectivity index (χ3v) is 4.25. The van der Waals surface area contributed by atoms with E-state index in [1.807, 2.05) is 6.07 Å². The molecule has 1 aliphatic rings. The molecule has 0 aliphatic heterocycles. The van der Waals surface area contributed by atoms with Crippen LogP contribution in [0.2, 0.25) is 0 Å². The number of anilines is 1. The van der Waals surface area contributed by atoms with E-state index in [0.717, 1.165) is 18.4 Å². The Bertz CT molecular complexity index is 649. The molecule has 0 unspecified atom stereocenters. The highest BCUT2D eigenvalue weighted by Crippen LogP contribution is 2.33. The lowest BCUT2D eigenvalue weighted by Gasteiger charge is -2.04. The first-order valence-corrected chi connectivity index (χ1v) is 6.97. The number of nitrogen functional groups attached to an aromatic ring is 1. The summed E-state index contributed by atoms with van der Waals surface area (Å²) in [5.41, 5.74) is 10.0. The van der Waals surface area contributed by atoms with Gasteiger partial charge in [0.05, 0.1) is 12.8 Å². The Kier molecular flexibility index (Phi) is 2.98. The average Bonchev–Trinajstić information content (AvgIpc) is 3.02. The molecule has 2 aromatic rings. The maximum Gasteiger partial charge on any atom is 0.350 e. The van der Waals surface area contributed by atoms with E-state index in [1.54, 1.807) is 0 Å². The van der Waals surface area contributed by atoms with E-state index in [9.17, 15) is 4.79 Å². The average molecular weight is 274 g/mol. The van der Waals surface area contributed by atoms with E-state index in [0.29, 0.717) is 15.7 Å². The van der Waals surface area contributed by atoms with Crippen LogP contribution in [-0.4, -0.2) is 18.1 Å². The van der Waals surface area contributed by atoms with Gasteiger partial charge in [-0.3, -0.25) is 0 Å². The van der Waals surface area contributed by atoms with E-state index < -0.39 is 0 Å². The van der Waals surface area contributed by atoms with Gasteiger partial charge in [-0.25, -0.2) is 9.78 Å². The lowest BCUT2D eigenvalue weighted by atomic mass is 10.0. The maximum absolute atomic E-state index is 11.7. The van der Waals surface area contributed by atoms with Crippen LogP contribution >= 0.6 is 11.3 Å². The number of carbonyl (C=O) groups is 1. The van der Waals surface area contributed by atoms with Crippen molar-refractivity contribution >= 4 is 22.4 Å². The van der Waals surface area contributed by atoms with Crippen LogP contribution in [0.4, 0.5) is 5.13 Å². The largest absolute Gasteiger partial charge is 0.465 e. The molecule has 1 heterocycles. The lowest BCUT2D eigenvalue weighted by Crippen LogP contribution is -2.00. The number of nitrogens with zero attached hydrogens (tertiary/aromatic N) is 1. The molecule has 1 aromatic carbocycles. The molecule has 0 spiro atoms. The summed E-state index contributed by atoms with van der Waals surface area (Å²) in [6.07, 6.45) is 3.43. The molecular formula is C14H14N2O2S. The molecular weight excluding hydrogens is 260 g/mol. The summed E-state index contributed by atoms with van der Waals surface area (Å²) >= 11 is 1.17. The summed E-state index contributed by atoms with van der Waals surface area (Å²) in [4.78, 5) is 16.5. The minimum Gasteiger partial charge on any atom is -0.465 e. The van der Waals surface area contributed by atoms with Crippen LogP contribution < -0.4 is 5.73 Å². The molecule has 19 heavy (non-hydrogen) atoms. The van der Waals surface area contributed by atoms with Gasteiger partial charge in [0, 0.05) is 5.56 Å². The lowest BCUT2D eigenvalue weighted by molar-refractivity contribution is 0.0607. The van der Waals surface area contributed by atoms with E-state index in [4.69, 9.17) is 10.5 Å². The Hall–Kier alpha value is -1.88. The van der Waals surface area contributed by atoms with Gasteiger partial charge in [-0.2, -0.15) is 0 Å². The fourth-order valence-electron chi connectivity index (χ4n) is 2.48. The van der Waals surface area contributed by atoms with Crippen molar-refractivity contribution in [2.45, 2.75) is 19.3 Å². The minimum atomic E-state index is -0.385. The number of rotatable bonds is 2.